The van der Waals surface area contributed by atoms with Gasteiger partial charge < -0.3 is 15.7 Å². The molecular formula is C15H22N2O2. The number of amides is 2. The van der Waals surface area contributed by atoms with Gasteiger partial charge in [-0.05, 0) is 30.4 Å². The maximum atomic E-state index is 11.9. The van der Waals surface area contributed by atoms with E-state index in [4.69, 9.17) is 0 Å². The standard InChI is InChI=1S/C15H22N2O2/c1-11(2)12-5-3-4-6-13(12)17-14(19)16-9-15(10-18)7-8-15/h3-6,11,18H,7-10H2,1-2H3,(H2,16,17,19). The predicted molar refractivity (Wildman–Crippen MR) is 76.3 cm³/mol. The first-order valence-electron chi connectivity index (χ1n) is 6.81. The number of carbonyl (C=O) groups is 1. The zero-order valence-electron chi connectivity index (χ0n) is 11.6. The molecular weight excluding hydrogens is 240 g/mol. The van der Waals surface area contributed by atoms with Crippen LogP contribution in [0.3, 0.4) is 0 Å². The van der Waals surface area contributed by atoms with E-state index < -0.39 is 0 Å². The van der Waals surface area contributed by atoms with Crippen molar-refractivity contribution in [3.8, 4) is 0 Å². The number of anilines is 1. The Kier molecular flexibility index (Phi) is 4.10. The van der Waals surface area contributed by atoms with Gasteiger partial charge in [-0.25, -0.2) is 4.79 Å². The highest BCUT2D eigenvalue weighted by atomic mass is 16.3. The summed E-state index contributed by atoms with van der Waals surface area (Å²) in [6.45, 7) is 4.89. The molecule has 2 rings (SSSR count). The molecule has 4 heteroatoms. The lowest BCUT2D eigenvalue weighted by molar-refractivity contribution is 0.206. The van der Waals surface area contributed by atoms with E-state index in [9.17, 15) is 9.90 Å². The normalized spacial score (nSPS) is 16.2. The molecule has 19 heavy (non-hydrogen) atoms. The van der Waals surface area contributed by atoms with E-state index in [1.54, 1.807) is 0 Å². The van der Waals surface area contributed by atoms with Gasteiger partial charge in [0.05, 0.1) is 6.61 Å². The van der Waals surface area contributed by atoms with Gasteiger partial charge in [0, 0.05) is 17.6 Å². The summed E-state index contributed by atoms with van der Waals surface area (Å²) in [7, 11) is 0. The fourth-order valence-electron chi connectivity index (χ4n) is 2.12. The van der Waals surface area contributed by atoms with Crippen LogP contribution < -0.4 is 10.6 Å². The maximum absolute atomic E-state index is 11.9. The monoisotopic (exact) mass is 262 g/mol. The first kappa shape index (κ1) is 13.9. The van der Waals surface area contributed by atoms with Crippen LogP contribution in [0.5, 0.6) is 0 Å². The molecule has 0 unspecified atom stereocenters. The van der Waals surface area contributed by atoms with Gasteiger partial charge in [-0.15, -0.1) is 0 Å². The first-order chi connectivity index (χ1) is 9.06. The summed E-state index contributed by atoms with van der Waals surface area (Å²) in [5.41, 5.74) is 1.92. The molecule has 0 aromatic heterocycles. The maximum Gasteiger partial charge on any atom is 0.319 e. The highest BCUT2D eigenvalue weighted by Gasteiger charge is 2.42. The van der Waals surface area contributed by atoms with Crippen molar-refractivity contribution >= 4 is 11.7 Å². The first-order valence-corrected chi connectivity index (χ1v) is 6.81. The number of aliphatic hydroxyl groups is 1. The topological polar surface area (TPSA) is 61.4 Å². The smallest absolute Gasteiger partial charge is 0.319 e. The predicted octanol–water partition coefficient (Wildman–Crippen LogP) is 2.70. The Balaban J connectivity index is 1.92. The number of rotatable bonds is 5. The Labute approximate surface area is 114 Å². The van der Waals surface area contributed by atoms with E-state index >= 15 is 0 Å². The second-order valence-corrected chi connectivity index (χ2v) is 5.71. The average Bonchev–Trinajstić information content (AvgIpc) is 3.17. The summed E-state index contributed by atoms with van der Waals surface area (Å²) >= 11 is 0. The SMILES string of the molecule is CC(C)c1ccccc1NC(=O)NCC1(CO)CC1. The van der Waals surface area contributed by atoms with Crippen molar-refractivity contribution in [3.05, 3.63) is 29.8 Å². The summed E-state index contributed by atoms with van der Waals surface area (Å²) in [4.78, 5) is 11.9. The van der Waals surface area contributed by atoms with E-state index in [1.165, 1.54) is 0 Å². The van der Waals surface area contributed by atoms with Crippen molar-refractivity contribution in [2.24, 2.45) is 5.41 Å². The average molecular weight is 262 g/mol. The molecule has 0 aliphatic heterocycles. The molecule has 1 aromatic carbocycles. The Bertz CT molecular complexity index is 453. The van der Waals surface area contributed by atoms with E-state index in [-0.39, 0.29) is 18.1 Å². The minimum atomic E-state index is -0.201. The molecule has 0 spiro atoms. The number of para-hydroxylation sites is 1. The minimum Gasteiger partial charge on any atom is -0.396 e. The Morgan fingerprint density at radius 1 is 1.37 bits per heavy atom. The molecule has 1 aromatic rings. The lowest BCUT2D eigenvalue weighted by Gasteiger charge is -2.16. The summed E-state index contributed by atoms with van der Waals surface area (Å²) in [6, 6.07) is 7.62. The number of benzene rings is 1. The van der Waals surface area contributed by atoms with E-state index in [0.29, 0.717) is 12.5 Å². The van der Waals surface area contributed by atoms with Crippen molar-refractivity contribution in [1.29, 1.82) is 0 Å². The lowest BCUT2D eigenvalue weighted by Crippen LogP contribution is -2.35. The number of urea groups is 1. The number of hydrogen-bond acceptors (Lipinski definition) is 2. The summed E-state index contributed by atoms with van der Waals surface area (Å²) in [6.07, 6.45) is 1.98. The van der Waals surface area contributed by atoms with Gasteiger partial charge in [-0.1, -0.05) is 32.0 Å². The Morgan fingerprint density at radius 3 is 2.63 bits per heavy atom. The summed E-state index contributed by atoms with van der Waals surface area (Å²) in [5, 5.41) is 14.9. The molecule has 4 nitrogen and oxygen atoms in total. The molecule has 0 saturated heterocycles. The zero-order valence-corrected chi connectivity index (χ0v) is 11.6. The largest absolute Gasteiger partial charge is 0.396 e. The van der Waals surface area contributed by atoms with Crippen LogP contribution in [0, 0.1) is 5.41 Å². The van der Waals surface area contributed by atoms with Crippen molar-refractivity contribution in [1.82, 2.24) is 5.32 Å². The van der Waals surface area contributed by atoms with Gasteiger partial charge in [0.1, 0.15) is 0 Å². The third-order valence-electron chi connectivity index (χ3n) is 3.75. The van der Waals surface area contributed by atoms with Gasteiger partial charge in [0.25, 0.3) is 0 Å². The van der Waals surface area contributed by atoms with E-state index in [2.05, 4.69) is 24.5 Å². The number of hydrogen-bond donors (Lipinski definition) is 3. The second-order valence-electron chi connectivity index (χ2n) is 5.71. The third-order valence-corrected chi connectivity index (χ3v) is 3.75. The second kappa shape index (κ2) is 5.61. The van der Waals surface area contributed by atoms with Gasteiger partial charge in [0.2, 0.25) is 0 Å². The Hall–Kier alpha value is -1.55. The van der Waals surface area contributed by atoms with Crippen molar-refractivity contribution in [2.45, 2.75) is 32.6 Å². The minimum absolute atomic E-state index is 0.0606. The number of nitrogens with one attached hydrogen (secondary N) is 2. The fraction of sp³-hybridized carbons (Fsp3) is 0.533. The van der Waals surface area contributed by atoms with Crippen LogP contribution in [0.4, 0.5) is 10.5 Å². The molecule has 0 atom stereocenters. The van der Waals surface area contributed by atoms with Crippen LogP contribution >= 0.6 is 0 Å². The highest BCUT2D eigenvalue weighted by molar-refractivity contribution is 5.90. The van der Waals surface area contributed by atoms with Gasteiger partial charge in [-0.3, -0.25) is 0 Å². The molecule has 3 N–H and O–H groups in total. The van der Waals surface area contributed by atoms with Crippen LogP contribution in [-0.4, -0.2) is 24.3 Å². The molecule has 0 bridgehead atoms. The van der Waals surface area contributed by atoms with Gasteiger partial charge >= 0.3 is 6.03 Å². The van der Waals surface area contributed by atoms with Gasteiger partial charge in [-0.2, -0.15) is 0 Å². The van der Waals surface area contributed by atoms with Crippen LogP contribution in [0.25, 0.3) is 0 Å². The molecule has 0 heterocycles. The molecule has 2 amide bonds. The van der Waals surface area contributed by atoms with Crippen molar-refractivity contribution in [3.63, 3.8) is 0 Å². The van der Waals surface area contributed by atoms with Crippen LogP contribution in [0.1, 0.15) is 38.2 Å². The lowest BCUT2D eigenvalue weighted by atomic mass is 10.0. The van der Waals surface area contributed by atoms with E-state index in [0.717, 1.165) is 24.1 Å². The number of aliphatic hydroxyl groups excluding tert-OH is 1. The molecule has 1 fully saturated rings. The summed E-state index contributed by atoms with van der Waals surface area (Å²) < 4.78 is 0. The quantitative estimate of drug-likeness (QED) is 0.764. The van der Waals surface area contributed by atoms with Crippen molar-refractivity contribution < 1.29 is 9.90 Å². The van der Waals surface area contributed by atoms with Crippen molar-refractivity contribution in [2.75, 3.05) is 18.5 Å². The molecule has 0 radical (unpaired) electrons. The molecule has 1 aliphatic rings. The molecule has 1 saturated carbocycles. The van der Waals surface area contributed by atoms with Crippen LogP contribution in [0.15, 0.2) is 24.3 Å². The van der Waals surface area contributed by atoms with Crippen LogP contribution in [-0.2, 0) is 0 Å². The Morgan fingerprint density at radius 2 is 2.05 bits per heavy atom. The summed E-state index contributed by atoms with van der Waals surface area (Å²) in [5.74, 6) is 0.365. The number of carbonyl (C=O) groups excluding carboxylic acids is 1. The highest BCUT2D eigenvalue weighted by Crippen LogP contribution is 2.44. The molecule has 104 valence electrons. The van der Waals surface area contributed by atoms with E-state index in [1.807, 2.05) is 24.3 Å². The molecule has 1 aliphatic carbocycles. The fourth-order valence-corrected chi connectivity index (χ4v) is 2.12. The third kappa shape index (κ3) is 3.47. The van der Waals surface area contributed by atoms with Crippen LogP contribution in [0.2, 0.25) is 0 Å². The zero-order chi connectivity index (χ0) is 13.9. The van der Waals surface area contributed by atoms with Gasteiger partial charge in [0.15, 0.2) is 0 Å².